The number of rotatable bonds is 6. The molecule has 3 aromatic rings. The van der Waals surface area contributed by atoms with E-state index in [1.54, 1.807) is 20.3 Å². The van der Waals surface area contributed by atoms with Gasteiger partial charge in [0.25, 0.3) is 0 Å². The van der Waals surface area contributed by atoms with Gasteiger partial charge in [0.1, 0.15) is 17.1 Å². The molecular formula is C34H39NO4. The molecule has 2 aliphatic rings. The van der Waals surface area contributed by atoms with Crippen molar-refractivity contribution in [1.29, 1.82) is 0 Å². The lowest BCUT2D eigenvalue weighted by Crippen LogP contribution is -2.54. The summed E-state index contributed by atoms with van der Waals surface area (Å²) in [5.41, 5.74) is 11.2. The number of methoxy groups -OCH3 is 2. The molecule has 1 aliphatic heterocycles. The molecule has 3 aromatic carbocycles. The predicted molar refractivity (Wildman–Crippen MR) is 160 cm³/mol. The van der Waals surface area contributed by atoms with Crippen molar-refractivity contribution in [2.45, 2.75) is 52.1 Å². The molecule has 0 spiro atoms. The van der Waals surface area contributed by atoms with Crippen LogP contribution in [0.15, 0.2) is 48.5 Å². The van der Waals surface area contributed by atoms with Crippen LogP contribution >= 0.6 is 0 Å². The number of benzene rings is 3. The van der Waals surface area contributed by atoms with Crippen LogP contribution in [-0.2, 0) is 6.42 Å². The Kier molecular flexibility index (Phi) is 7.11. The smallest absolute Gasteiger partial charge is 0.165 e. The quantitative estimate of drug-likeness (QED) is 0.253. The van der Waals surface area contributed by atoms with Gasteiger partial charge in [0, 0.05) is 11.6 Å². The monoisotopic (exact) mass is 525 g/mol. The molecule has 204 valence electrons. The van der Waals surface area contributed by atoms with Crippen LogP contribution in [0.1, 0.15) is 67.9 Å². The number of phenolic OH excluding ortho intramolecular Hbond substituents is 1. The van der Waals surface area contributed by atoms with E-state index in [2.05, 4.69) is 26.8 Å². The van der Waals surface area contributed by atoms with Gasteiger partial charge in [0.15, 0.2) is 11.5 Å². The Morgan fingerprint density at radius 1 is 0.846 bits per heavy atom. The van der Waals surface area contributed by atoms with Crippen LogP contribution in [0.2, 0.25) is 0 Å². The standard InChI is InChI=1S/C34H39NO4/c1-33(2)15-6-16-34(3)31(33)21-25-17-23(20-30(38-5)32(25)39-34)7-8-24-18-28(36)27(29(19-24)37-4)14-11-22-9-12-26(35)13-10-22/h7-14,17-20,31,36H,6,15-16,21,35H2,1-5H3/b8-7+,14-11+/t31-,34-/m1/s1. The maximum atomic E-state index is 10.8. The highest BCUT2D eigenvalue weighted by atomic mass is 16.5. The molecule has 1 fully saturated rings. The summed E-state index contributed by atoms with van der Waals surface area (Å²) in [6.07, 6.45) is 12.2. The first-order valence-corrected chi connectivity index (χ1v) is 13.6. The second-order valence-electron chi connectivity index (χ2n) is 11.7. The summed E-state index contributed by atoms with van der Waals surface area (Å²) in [4.78, 5) is 0. The zero-order valence-corrected chi connectivity index (χ0v) is 23.6. The molecule has 0 bridgehead atoms. The van der Waals surface area contributed by atoms with Crippen molar-refractivity contribution in [3.05, 3.63) is 76.3 Å². The van der Waals surface area contributed by atoms with Gasteiger partial charge in [-0.25, -0.2) is 0 Å². The fourth-order valence-corrected chi connectivity index (χ4v) is 6.38. The number of anilines is 1. The van der Waals surface area contributed by atoms with Crippen LogP contribution < -0.4 is 19.9 Å². The van der Waals surface area contributed by atoms with Crippen molar-refractivity contribution >= 4 is 30.0 Å². The lowest BCUT2D eigenvalue weighted by Gasteiger charge is -2.53. The number of nitrogen functional groups attached to an aromatic ring is 1. The van der Waals surface area contributed by atoms with E-state index in [0.29, 0.717) is 22.9 Å². The van der Waals surface area contributed by atoms with Crippen molar-refractivity contribution in [1.82, 2.24) is 0 Å². The minimum atomic E-state index is -0.169. The third kappa shape index (κ3) is 5.36. The maximum absolute atomic E-state index is 10.8. The van der Waals surface area contributed by atoms with E-state index in [9.17, 15) is 5.11 Å². The van der Waals surface area contributed by atoms with Crippen LogP contribution in [0.25, 0.3) is 24.3 Å². The number of hydrogen-bond donors (Lipinski definition) is 2. The Labute approximate surface area is 231 Å². The number of nitrogens with two attached hydrogens (primary N) is 1. The first-order chi connectivity index (χ1) is 18.6. The third-order valence-electron chi connectivity index (χ3n) is 8.52. The SMILES string of the molecule is COc1cc(/C=C/c2cc3c(c(OC)c2)O[C@]2(C)CCCC(C)(C)[C@H]2C3)cc(O)c1/C=C/c1ccc(N)cc1. The van der Waals surface area contributed by atoms with Crippen molar-refractivity contribution in [3.8, 4) is 23.0 Å². The molecule has 3 N–H and O–H groups in total. The Bertz CT molecular complexity index is 1420. The summed E-state index contributed by atoms with van der Waals surface area (Å²) in [5, 5.41) is 10.8. The largest absolute Gasteiger partial charge is 0.507 e. The highest BCUT2D eigenvalue weighted by Crippen LogP contribution is 2.54. The molecule has 0 radical (unpaired) electrons. The van der Waals surface area contributed by atoms with Crippen molar-refractivity contribution in [2.75, 3.05) is 20.0 Å². The lowest BCUT2D eigenvalue weighted by molar-refractivity contribution is -0.0827. The van der Waals surface area contributed by atoms with Gasteiger partial charge in [0.05, 0.1) is 19.8 Å². The molecule has 0 amide bonds. The van der Waals surface area contributed by atoms with Crippen LogP contribution in [0.3, 0.4) is 0 Å². The molecule has 0 saturated heterocycles. The average Bonchev–Trinajstić information content (AvgIpc) is 2.90. The Hall–Kier alpha value is -3.86. The van der Waals surface area contributed by atoms with Gasteiger partial charge in [0.2, 0.25) is 0 Å². The van der Waals surface area contributed by atoms with E-state index in [0.717, 1.165) is 41.0 Å². The van der Waals surface area contributed by atoms with Gasteiger partial charge in [-0.3, -0.25) is 0 Å². The zero-order chi connectivity index (χ0) is 27.8. The average molecular weight is 526 g/mol. The van der Waals surface area contributed by atoms with E-state index in [-0.39, 0.29) is 16.8 Å². The van der Waals surface area contributed by atoms with Gasteiger partial charge in [-0.05, 0) is 103 Å². The van der Waals surface area contributed by atoms with Crippen LogP contribution in [0.4, 0.5) is 5.69 Å². The van der Waals surface area contributed by atoms with Crippen LogP contribution in [0.5, 0.6) is 23.0 Å². The summed E-state index contributed by atoms with van der Waals surface area (Å²) in [5.74, 6) is 2.83. The first kappa shape index (κ1) is 26.7. The summed E-state index contributed by atoms with van der Waals surface area (Å²) >= 11 is 0. The fraction of sp³-hybridized carbons (Fsp3) is 0.353. The predicted octanol–water partition coefficient (Wildman–Crippen LogP) is 7.85. The fourth-order valence-electron chi connectivity index (χ4n) is 6.38. The number of aromatic hydroxyl groups is 1. The molecule has 5 nitrogen and oxygen atoms in total. The topological polar surface area (TPSA) is 73.9 Å². The third-order valence-corrected chi connectivity index (χ3v) is 8.52. The maximum Gasteiger partial charge on any atom is 0.165 e. The summed E-state index contributed by atoms with van der Waals surface area (Å²) in [6, 6.07) is 15.5. The van der Waals surface area contributed by atoms with Gasteiger partial charge in [-0.2, -0.15) is 0 Å². The molecule has 5 heteroatoms. The van der Waals surface area contributed by atoms with E-state index in [4.69, 9.17) is 19.9 Å². The number of phenols is 1. The second kappa shape index (κ2) is 10.4. The van der Waals surface area contributed by atoms with Gasteiger partial charge in [-0.15, -0.1) is 0 Å². The molecule has 0 aromatic heterocycles. The summed E-state index contributed by atoms with van der Waals surface area (Å²) in [7, 11) is 3.31. The Morgan fingerprint density at radius 3 is 2.18 bits per heavy atom. The van der Waals surface area contributed by atoms with Crippen molar-refractivity contribution < 1.29 is 19.3 Å². The summed E-state index contributed by atoms with van der Waals surface area (Å²) in [6.45, 7) is 7.01. The van der Waals surface area contributed by atoms with E-state index < -0.39 is 0 Å². The van der Waals surface area contributed by atoms with Crippen molar-refractivity contribution in [3.63, 3.8) is 0 Å². The highest BCUT2D eigenvalue weighted by Gasteiger charge is 2.51. The number of hydrogen-bond acceptors (Lipinski definition) is 5. The number of ether oxygens (including phenoxy) is 3. The highest BCUT2D eigenvalue weighted by molar-refractivity contribution is 5.80. The Balaban J connectivity index is 1.43. The van der Waals surface area contributed by atoms with Crippen molar-refractivity contribution in [2.24, 2.45) is 11.3 Å². The van der Waals surface area contributed by atoms with E-state index in [1.807, 2.05) is 60.7 Å². The zero-order valence-electron chi connectivity index (χ0n) is 23.6. The normalized spacial score (nSPS) is 21.8. The first-order valence-electron chi connectivity index (χ1n) is 13.6. The lowest BCUT2D eigenvalue weighted by atomic mass is 9.59. The molecule has 0 unspecified atom stereocenters. The van der Waals surface area contributed by atoms with Gasteiger partial charge in [-0.1, -0.05) is 44.2 Å². The molecule has 39 heavy (non-hydrogen) atoms. The minimum Gasteiger partial charge on any atom is -0.507 e. The molecule has 1 aliphatic carbocycles. The Morgan fingerprint density at radius 2 is 1.49 bits per heavy atom. The molecule has 1 heterocycles. The van der Waals surface area contributed by atoms with E-state index in [1.165, 1.54) is 18.4 Å². The number of fused-ring (bicyclic) bond motifs is 2. The van der Waals surface area contributed by atoms with Gasteiger partial charge < -0.3 is 25.1 Å². The summed E-state index contributed by atoms with van der Waals surface area (Å²) < 4.78 is 18.1. The van der Waals surface area contributed by atoms with E-state index >= 15 is 0 Å². The molecular weight excluding hydrogens is 486 g/mol. The van der Waals surface area contributed by atoms with Gasteiger partial charge >= 0.3 is 0 Å². The van der Waals surface area contributed by atoms with Crippen LogP contribution in [0, 0.1) is 11.3 Å². The molecule has 1 saturated carbocycles. The van der Waals surface area contributed by atoms with Crippen LogP contribution in [-0.4, -0.2) is 24.9 Å². The minimum absolute atomic E-state index is 0.149. The molecule has 5 rings (SSSR count). The second-order valence-corrected chi connectivity index (χ2v) is 11.7. The molecule has 2 atom stereocenters.